The Morgan fingerprint density at radius 3 is 1.86 bits per heavy atom. The van der Waals surface area contributed by atoms with E-state index in [0.29, 0.717) is 42.9 Å². The number of aromatic nitrogens is 8. The molecule has 2 fully saturated rings. The Kier molecular flexibility index (Phi) is 14.2. The van der Waals surface area contributed by atoms with E-state index in [2.05, 4.69) is 207 Å². The molecule has 2 aliphatic heterocycles. The first-order valence-electron chi connectivity index (χ1n) is 27.0. The second kappa shape index (κ2) is 20.8. The van der Waals surface area contributed by atoms with Gasteiger partial charge in [-0.1, -0.05) is 90.6 Å². The van der Waals surface area contributed by atoms with Crippen LogP contribution in [0.2, 0.25) is 0 Å². The summed E-state index contributed by atoms with van der Waals surface area (Å²) in [5.74, 6) is 2.97. The van der Waals surface area contributed by atoms with Gasteiger partial charge >= 0.3 is 0 Å². The van der Waals surface area contributed by atoms with Gasteiger partial charge in [-0.05, 0) is 122 Å². The molecule has 0 amide bonds. The van der Waals surface area contributed by atoms with Gasteiger partial charge in [0.1, 0.15) is 23.4 Å². The number of nitrogens with zero attached hydrogens (tertiary/aromatic N) is 12. The van der Waals surface area contributed by atoms with Gasteiger partial charge in [0, 0.05) is 75.1 Å². The predicted molar refractivity (Wildman–Crippen MR) is 313 cm³/mol. The van der Waals surface area contributed by atoms with Crippen molar-refractivity contribution in [3.63, 3.8) is 0 Å². The number of anilines is 7. The van der Waals surface area contributed by atoms with Crippen LogP contribution in [0.3, 0.4) is 0 Å². The molecular formula is C61H76N14O. The number of benzene rings is 4. The average molecular weight is 1020 g/mol. The van der Waals surface area contributed by atoms with E-state index in [9.17, 15) is 0 Å². The average Bonchev–Trinajstić information content (AvgIpc) is 4.03. The SMILES string of the molecule is C=Cc1ccc(N2CCN(c3nc(CNc4cc(C(C)(C)C)ccc4C)c4c(ncn4CCOc4ccc(N5CCN(c6nc(Nc7cc(C(C)(C)C)ccc7C)c7c(ncn7CC)n6)CC5(C)C)cc4)n3)CC2)cc1. The molecule has 0 atom stereocenters. The lowest BCUT2D eigenvalue weighted by Gasteiger charge is -2.48. The van der Waals surface area contributed by atoms with Crippen molar-refractivity contribution in [1.82, 2.24) is 39.0 Å². The van der Waals surface area contributed by atoms with Crippen molar-refractivity contribution in [3.8, 4) is 5.75 Å². The highest BCUT2D eigenvalue weighted by molar-refractivity contribution is 5.87. The van der Waals surface area contributed by atoms with Crippen molar-refractivity contribution >= 4 is 68.9 Å². The number of imidazole rings is 2. The van der Waals surface area contributed by atoms with Crippen molar-refractivity contribution in [1.29, 1.82) is 0 Å². The summed E-state index contributed by atoms with van der Waals surface area (Å²) in [6.45, 7) is 36.3. The smallest absolute Gasteiger partial charge is 0.229 e. The van der Waals surface area contributed by atoms with E-state index in [1.54, 1.807) is 0 Å². The molecule has 4 aromatic carbocycles. The monoisotopic (exact) mass is 1020 g/mol. The number of piperazine rings is 2. The minimum absolute atomic E-state index is 0.0146. The molecule has 0 unspecified atom stereocenters. The molecule has 2 saturated heterocycles. The highest BCUT2D eigenvalue weighted by atomic mass is 16.5. The second-order valence-electron chi connectivity index (χ2n) is 23.2. The summed E-state index contributed by atoms with van der Waals surface area (Å²) in [7, 11) is 0. The molecule has 8 aromatic rings. The maximum absolute atomic E-state index is 6.46. The minimum Gasteiger partial charge on any atom is -0.492 e. The van der Waals surface area contributed by atoms with Crippen molar-refractivity contribution < 1.29 is 4.74 Å². The molecule has 0 aliphatic carbocycles. The third-order valence-corrected chi connectivity index (χ3v) is 15.2. The summed E-state index contributed by atoms with van der Waals surface area (Å²) >= 11 is 0. The summed E-state index contributed by atoms with van der Waals surface area (Å²) in [5.41, 5.74) is 14.4. The first-order valence-corrected chi connectivity index (χ1v) is 27.0. The predicted octanol–water partition coefficient (Wildman–Crippen LogP) is 11.7. The van der Waals surface area contributed by atoms with Gasteiger partial charge in [-0.2, -0.15) is 15.0 Å². The Hall–Kier alpha value is -7.68. The fraction of sp³-hybridized carbons (Fsp3) is 0.410. The van der Waals surface area contributed by atoms with Crippen LogP contribution in [0.15, 0.2) is 104 Å². The lowest BCUT2D eigenvalue weighted by atomic mass is 9.86. The number of fused-ring (bicyclic) bond motifs is 2. The van der Waals surface area contributed by atoms with Crippen molar-refractivity contribution in [2.24, 2.45) is 0 Å². The Labute approximate surface area is 449 Å². The van der Waals surface area contributed by atoms with Gasteiger partial charge in [0.05, 0.1) is 37.0 Å². The number of rotatable bonds is 15. The molecule has 2 aliphatic rings. The van der Waals surface area contributed by atoms with Crippen molar-refractivity contribution in [2.75, 3.05) is 82.7 Å². The highest BCUT2D eigenvalue weighted by Crippen LogP contribution is 2.35. The van der Waals surface area contributed by atoms with E-state index in [4.69, 9.17) is 34.6 Å². The molecule has 76 heavy (non-hydrogen) atoms. The van der Waals surface area contributed by atoms with Crippen LogP contribution >= 0.6 is 0 Å². The largest absolute Gasteiger partial charge is 0.492 e. The van der Waals surface area contributed by atoms with Crippen LogP contribution in [0.5, 0.6) is 5.75 Å². The molecule has 0 saturated carbocycles. The molecule has 0 radical (unpaired) electrons. The quantitative estimate of drug-likeness (QED) is 0.101. The second-order valence-corrected chi connectivity index (χ2v) is 23.2. The zero-order valence-corrected chi connectivity index (χ0v) is 46.6. The zero-order valence-electron chi connectivity index (χ0n) is 46.6. The first-order chi connectivity index (χ1) is 36.3. The van der Waals surface area contributed by atoms with Gasteiger partial charge in [0.2, 0.25) is 11.9 Å². The minimum atomic E-state index is -0.231. The third kappa shape index (κ3) is 10.9. The fourth-order valence-corrected chi connectivity index (χ4v) is 10.5. The van der Waals surface area contributed by atoms with Crippen LogP contribution < -0.4 is 35.0 Å². The molecule has 4 aromatic heterocycles. The standard InChI is InChI=1S/C61H76N14O/c1-13-43-17-21-46(22-18-43)71-27-29-72(30-28-71)57-66-51(37-62-49-35-44(59(5,6)7)19-15-41(49)3)52-54(67-57)64-40-74(52)33-34-76-48-25-23-47(24-26-48)75-32-31-73(38-61(75,11)12)58-68-55-53(70(14-2)39-63-55)56(69-58)65-50-36-45(60(8,9)10)20-16-42(50)4/h13,15-26,35-36,39-40,62H,1,14,27-34,37-38H2,2-12H3,(H,65,68,69). The van der Waals surface area contributed by atoms with Crippen LogP contribution in [0.25, 0.3) is 28.4 Å². The lowest BCUT2D eigenvalue weighted by Crippen LogP contribution is -2.60. The van der Waals surface area contributed by atoms with Crippen LogP contribution in [0.4, 0.5) is 40.5 Å². The van der Waals surface area contributed by atoms with E-state index in [-0.39, 0.29) is 16.4 Å². The van der Waals surface area contributed by atoms with Gasteiger partial charge in [-0.3, -0.25) is 0 Å². The zero-order chi connectivity index (χ0) is 53.5. The van der Waals surface area contributed by atoms with E-state index in [0.717, 1.165) is 109 Å². The third-order valence-electron chi connectivity index (χ3n) is 15.2. The Morgan fingerprint density at radius 2 is 1.22 bits per heavy atom. The van der Waals surface area contributed by atoms with Gasteiger partial charge in [0.15, 0.2) is 17.1 Å². The molecule has 0 bridgehead atoms. The molecule has 2 N–H and O–H groups in total. The molecule has 15 nitrogen and oxygen atoms in total. The maximum Gasteiger partial charge on any atom is 0.229 e. The van der Waals surface area contributed by atoms with Crippen LogP contribution in [0, 0.1) is 13.8 Å². The highest BCUT2D eigenvalue weighted by Gasteiger charge is 2.36. The van der Waals surface area contributed by atoms with Crippen LogP contribution in [0.1, 0.15) is 95.8 Å². The van der Waals surface area contributed by atoms with E-state index >= 15 is 0 Å². The fourth-order valence-electron chi connectivity index (χ4n) is 10.5. The van der Waals surface area contributed by atoms with Crippen molar-refractivity contribution in [2.45, 2.75) is 112 Å². The van der Waals surface area contributed by atoms with Gasteiger partial charge < -0.3 is 44.1 Å². The number of aryl methyl sites for hydroxylation is 3. The maximum atomic E-state index is 6.46. The summed E-state index contributed by atoms with van der Waals surface area (Å²) < 4.78 is 10.7. The number of ether oxygens (including phenoxy) is 1. The first kappa shape index (κ1) is 51.8. The summed E-state index contributed by atoms with van der Waals surface area (Å²) in [6.07, 6.45) is 5.62. The summed E-state index contributed by atoms with van der Waals surface area (Å²) in [6, 6.07) is 30.4. The summed E-state index contributed by atoms with van der Waals surface area (Å²) in [4.78, 5) is 39.8. The van der Waals surface area contributed by atoms with Crippen LogP contribution in [-0.4, -0.2) is 97.0 Å². The number of hydrogen-bond donors (Lipinski definition) is 2. The molecule has 15 heteroatoms. The lowest BCUT2D eigenvalue weighted by molar-refractivity contribution is 0.300. The van der Waals surface area contributed by atoms with Gasteiger partial charge in [0.25, 0.3) is 0 Å². The number of hydrogen-bond acceptors (Lipinski definition) is 13. The normalized spacial score (nSPS) is 15.2. The molecule has 396 valence electrons. The summed E-state index contributed by atoms with van der Waals surface area (Å²) in [5, 5.41) is 7.48. The van der Waals surface area contributed by atoms with Crippen LogP contribution in [-0.2, 0) is 30.5 Å². The Bertz CT molecular complexity index is 3350. The van der Waals surface area contributed by atoms with E-state index < -0.39 is 0 Å². The van der Waals surface area contributed by atoms with Crippen molar-refractivity contribution in [3.05, 3.63) is 138 Å². The number of nitrogens with one attached hydrogen (secondary N) is 2. The van der Waals surface area contributed by atoms with Gasteiger partial charge in [-0.25, -0.2) is 15.0 Å². The topological polar surface area (TPSA) is 133 Å². The molecule has 6 heterocycles. The molecular weight excluding hydrogens is 945 g/mol. The molecule has 0 spiro atoms. The van der Waals surface area contributed by atoms with E-state index in [1.165, 1.54) is 22.4 Å². The Morgan fingerprint density at radius 1 is 0.645 bits per heavy atom. The Balaban J connectivity index is 0.823. The molecule has 10 rings (SSSR count). The van der Waals surface area contributed by atoms with E-state index in [1.807, 2.05) is 18.7 Å². The van der Waals surface area contributed by atoms with Gasteiger partial charge in [-0.15, -0.1) is 0 Å².